The van der Waals surface area contributed by atoms with E-state index in [1.54, 1.807) is 35.3 Å². The zero-order valence-corrected chi connectivity index (χ0v) is 15.0. The Balaban J connectivity index is 1.46. The van der Waals surface area contributed by atoms with E-state index in [1.165, 1.54) is 11.8 Å². The molecule has 1 heterocycles. The van der Waals surface area contributed by atoms with Crippen LogP contribution in [0.2, 0.25) is 5.02 Å². The number of rotatable bonds is 5. The SMILES string of the molecule is O=C(CSc1ncn(-c2ccccc2)n1)NNC(=O)c1ccc(Cl)cc1. The summed E-state index contributed by atoms with van der Waals surface area (Å²) < 4.78 is 1.63. The standard InChI is InChI=1S/C17H14ClN5O2S/c18-13-8-6-12(7-9-13)16(25)21-20-15(24)10-26-17-19-11-23(22-17)14-4-2-1-3-5-14/h1-9,11H,10H2,(H,20,24)(H,21,25). The van der Waals surface area contributed by atoms with Gasteiger partial charge in [0.25, 0.3) is 5.91 Å². The quantitative estimate of drug-likeness (QED) is 0.518. The van der Waals surface area contributed by atoms with E-state index in [4.69, 9.17) is 11.6 Å². The van der Waals surface area contributed by atoms with E-state index in [0.717, 1.165) is 5.69 Å². The summed E-state index contributed by atoms with van der Waals surface area (Å²) in [4.78, 5) is 27.9. The number of nitrogens with one attached hydrogen (secondary N) is 2. The van der Waals surface area contributed by atoms with Gasteiger partial charge in [0.1, 0.15) is 6.33 Å². The number of hydrogen-bond acceptors (Lipinski definition) is 5. The third-order valence-electron chi connectivity index (χ3n) is 3.25. The Hall–Kier alpha value is -2.84. The molecule has 0 saturated heterocycles. The van der Waals surface area contributed by atoms with Crippen molar-refractivity contribution in [2.45, 2.75) is 5.16 Å². The molecule has 26 heavy (non-hydrogen) atoms. The molecule has 2 N–H and O–H groups in total. The molecule has 1 aromatic heterocycles. The van der Waals surface area contributed by atoms with Gasteiger partial charge in [0.15, 0.2) is 0 Å². The highest BCUT2D eigenvalue weighted by atomic mass is 35.5. The van der Waals surface area contributed by atoms with E-state index in [2.05, 4.69) is 20.9 Å². The summed E-state index contributed by atoms with van der Waals surface area (Å²) in [5, 5.41) is 5.29. The maximum atomic E-state index is 11.9. The Kier molecular flexibility index (Phi) is 5.88. The van der Waals surface area contributed by atoms with Crippen LogP contribution in [0.3, 0.4) is 0 Å². The molecule has 2 amide bonds. The second kappa shape index (κ2) is 8.50. The third-order valence-corrected chi connectivity index (χ3v) is 4.35. The lowest BCUT2D eigenvalue weighted by Gasteiger charge is -2.06. The molecule has 2 aromatic carbocycles. The first-order valence-electron chi connectivity index (χ1n) is 7.56. The zero-order chi connectivity index (χ0) is 18.4. The van der Waals surface area contributed by atoms with Crippen LogP contribution in [0.15, 0.2) is 66.1 Å². The van der Waals surface area contributed by atoms with Crippen molar-refractivity contribution in [3.05, 3.63) is 71.5 Å². The minimum Gasteiger partial charge on any atom is -0.272 e. The van der Waals surface area contributed by atoms with Gasteiger partial charge >= 0.3 is 0 Å². The van der Waals surface area contributed by atoms with Crippen molar-refractivity contribution in [3.8, 4) is 5.69 Å². The fourth-order valence-electron chi connectivity index (χ4n) is 1.99. The number of nitrogens with zero attached hydrogens (tertiary/aromatic N) is 3. The van der Waals surface area contributed by atoms with E-state index in [1.807, 2.05) is 30.3 Å². The van der Waals surface area contributed by atoms with E-state index >= 15 is 0 Å². The van der Waals surface area contributed by atoms with Crippen molar-refractivity contribution < 1.29 is 9.59 Å². The number of amides is 2. The summed E-state index contributed by atoms with van der Waals surface area (Å²) in [5.41, 5.74) is 5.97. The normalized spacial score (nSPS) is 10.3. The monoisotopic (exact) mass is 387 g/mol. The van der Waals surface area contributed by atoms with Gasteiger partial charge in [-0.3, -0.25) is 20.4 Å². The summed E-state index contributed by atoms with van der Waals surface area (Å²) in [6.45, 7) is 0. The van der Waals surface area contributed by atoms with Crippen LogP contribution >= 0.6 is 23.4 Å². The van der Waals surface area contributed by atoms with Crippen LogP contribution in [0.5, 0.6) is 0 Å². The summed E-state index contributed by atoms with van der Waals surface area (Å²) in [5.74, 6) is -0.723. The molecule has 7 nitrogen and oxygen atoms in total. The largest absolute Gasteiger partial charge is 0.272 e. The first-order chi connectivity index (χ1) is 12.6. The maximum absolute atomic E-state index is 11.9. The van der Waals surface area contributed by atoms with Gasteiger partial charge in [-0.2, -0.15) is 0 Å². The van der Waals surface area contributed by atoms with Gasteiger partial charge in [0, 0.05) is 10.6 Å². The van der Waals surface area contributed by atoms with Crippen LogP contribution < -0.4 is 10.9 Å². The maximum Gasteiger partial charge on any atom is 0.269 e. The van der Waals surface area contributed by atoms with Crippen LogP contribution in [0.4, 0.5) is 0 Å². The second-order valence-electron chi connectivity index (χ2n) is 5.11. The number of aromatic nitrogens is 3. The average molecular weight is 388 g/mol. The number of carbonyl (C=O) groups is 2. The number of hydrazine groups is 1. The van der Waals surface area contributed by atoms with Crippen molar-refractivity contribution in [2.75, 3.05) is 5.75 Å². The number of para-hydroxylation sites is 1. The Morgan fingerprint density at radius 3 is 2.50 bits per heavy atom. The van der Waals surface area contributed by atoms with Crippen molar-refractivity contribution in [1.82, 2.24) is 25.6 Å². The Morgan fingerprint density at radius 2 is 1.77 bits per heavy atom. The predicted molar refractivity (Wildman–Crippen MR) is 99.1 cm³/mol. The number of hydrogen-bond donors (Lipinski definition) is 2. The summed E-state index contributed by atoms with van der Waals surface area (Å²) >= 11 is 6.94. The number of carbonyl (C=O) groups excluding carboxylic acids is 2. The molecular formula is C17H14ClN5O2S. The molecule has 0 aliphatic carbocycles. The number of thioether (sulfide) groups is 1. The zero-order valence-electron chi connectivity index (χ0n) is 13.4. The lowest BCUT2D eigenvalue weighted by molar-refractivity contribution is -0.119. The number of benzene rings is 2. The predicted octanol–water partition coefficient (Wildman–Crippen LogP) is 2.47. The van der Waals surface area contributed by atoms with Gasteiger partial charge in [0.2, 0.25) is 11.1 Å². The molecule has 0 aliphatic rings. The molecule has 0 unspecified atom stereocenters. The Bertz CT molecular complexity index is 899. The fourth-order valence-corrected chi connectivity index (χ4v) is 2.71. The Morgan fingerprint density at radius 1 is 1.04 bits per heavy atom. The van der Waals surface area contributed by atoms with Crippen LogP contribution in [0.25, 0.3) is 5.69 Å². The van der Waals surface area contributed by atoms with E-state index < -0.39 is 5.91 Å². The van der Waals surface area contributed by atoms with Crippen molar-refractivity contribution in [2.24, 2.45) is 0 Å². The molecule has 0 fully saturated rings. The average Bonchev–Trinajstić information content (AvgIpc) is 3.15. The van der Waals surface area contributed by atoms with Gasteiger partial charge in [-0.1, -0.05) is 41.6 Å². The van der Waals surface area contributed by atoms with E-state index in [9.17, 15) is 9.59 Å². The van der Waals surface area contributed by atoms with Crippen LogP contribution in [-0.2, 0) is 4.79 Å². The van der Waals surface area contributed by atoms with Gasteiger partial charge in [-0.25, -0.2) is 9.67 Å². The third kappa shape index (κ3) is 4.84. The number of halogens is 1. The fraction of sp³-hybridized carbons (Fsp3) is 0.0588. The molecule has 3 rings (SSSR count). The van der Waals surface area contributed by atoms with Crippen LogP contribution in [0.1, 0.15) is 10.4 Å². The molecule has 0 aliphatic heterocycles. The van der Waals surface area contributed by atoms with Crippen molar-refractivity contribution in [3.63, 3.8) is 0 Å². The highest BCUT2D eigenvalue weighted by Crippen LogP contribution is 2.13. The first-order valence-corrected chi connectivity index (χ1v) is 8.93. The van der Waals surface area contributed by atoms with Crippen LogP contribution in [0, 0.1) is 0 Å². The summed E-state index contributed by atoms with van der Waals surface area (Å²) in [6, 6.07) is 15.9. The minimum absolute atomic E-state index is 0.0691. The second-order valence-corrected chi connectivity index (χ2v) is 6.48. The lowest BCUT2D eigenvalue weighted by atomic mass is 10.2. The highest BCUT2D eigenvalue weighted by molar-refractivity contribution is 7.99. The van der Waals surface area contributed by atoms with Gasteiger partial charge in [-0.15, -0.1) is 5.10 Å². The van der Waals surface area contributed by atoms with Gasteiger partial charge < -0.3 is 0 Å². The molecule has 9 heteroatoms. The van der Waals surface area contributed by atoms with Crippen molar-refractivity contribution >= 4 is 35.2 Å². The summed E-state index contributed by atoms with van der Waals surface area (Å²) in [6.07, 6.45) is 1.58. The molecule has 0 bridgehead atoms. The Labute approximate surface area is 158 Å². The first kappa shape index (κ1) is 18.0. The minimum atomic E-state index is -0.425. The van der Waals surface area contributed by atoms with Crippen LogP contribution in [-0.4, -0.2) is 32.3 Å². The molecule has 0 saturated carbocycles. The lowest BCUT2D eigenvalue weighted by Crippen LogP contribution is -2.42. The smallest absolute Gasteiger partial charge is 0.269 e. The topological polar surface area (TPSA) is 88.9 Å². The highest BCUT2D eigenvalue weighted by Gasteiger charge is 2.10. The van der Waals surface area contributed by atoms with Gasteiger partial charge in [-0.05, 0) is 36.4 Å². The molecule has 0 spiro atoms. The molecule has 3 aromatic rings. The molecule has 0 radical (unpaired) electrons. The van der Waals surface area contributed by atoms with E-state index in [0.29, 0.717) is 15.7 Å². The van der Waals surface area contributed by atoms with E-state index in [-0.39, 0.29) is 11.7 Å². The summed E-state index contributed by atoms with van der Waals surface area (Å²) in [7, 11) is 0. The molecule has 132 valence electrons. The molecule has 0 atom stereocenters. The van der Waals surface area contributed by atoms with Gasteiger partial charge in [0.05, 0.1) is 11.4 Å². The molecular weight excluding hydrogens is 374 g/mol. The van der Waals surface area contributed by atoms with Crippen molar-refractivity contribution in [1.29, 1.82) is 0 Å².